The number of aliphatic hydroxyl groups excluding tert-OH is 4. The molecule has 0 radical (unpaired) electrons. The van der Waals surface area contributed by atoms with Gasteiger partial charge < -0.3 is 25.2 Å². The quantitative estimate of drug-likeness (QED) is 0.353. The second-order valence-corrected chi connectivity index (χ2v) is 2.71. The first-order valence-corrected chi connectivity index (χ1v) is 3.41. The Morgan fingerprint density at radius 3 is 1.91 bits per heavy atom. The molecule has 0 spiro atoms. The molecule has 0 unspecified atom stereocenters. The fraction of sp³-hybridized carbons (Fsp3) is 1.00. The van der Waals surface area contributed by atoms with E-state index in [2.05, 4.69) is 4.74 Å². The lowest BCUT2D eigenvalue weighted by molar-refractivity contribution is -0.143. The van der Waals surface area contributed by atoms with Gasteiger partial charge in [-0.2, -0.15) is 0 Å². The Labute approximate surface area is 63.8 Å². The molecule has 0 saturated carbocycles. The first kappa shape index (κ1) is 8.89. The van der Waals surface area contributed by atoms with Crippen molar-refractivity contribution in [2.75, 3.05) is 0 Å². The van der Waals surface area contributed by atoms with Gasteiger partial charge in [-0.3, -0.25) is 0 Å². The van der Waals surface area contributed by atoms with E-state index in [0.29, 0.717) is 0 Å². The highest BCUT2D eigenvalue weighted by atomic mass is 16.6. The van der Waals surface area contributed by atoms with Gasteiger partial charge in [0.1, 0.15) is 18.3 Å². The Morgan fingerprint density at radius 1 is 1.18 bits per heavy atom. The molecule has 1 rings (SSSR count). The van der Waals surface area contributed by atoms with Crippen molar-refractivity contribution in [1.82, 2.24) is 0 Å². The molecule has 5 nitrogen and oxygen atoms in total. The summed E-state index contributed by atoms with van der Waals surface area (Å²) in [7, 11) is 0. The molecule has 11 heavy (non-hydrogen) atoms. The van der Waals surface area contributed by atoms with E-state index in [-0.39, 0.29) is 0 Å². The number of hydrogen-bond acceptors (Lipinski definition) is 5. The van der Waals surface area contributed by atoms with Gasteiger partial charge in [0.05, 0.1) is 6.10 Å². The molecule has 1 heterocycles. The lowest BCUT2D eigenvalue weighted by Crippen LogP contribution is -2.37. The Hall–Kier alpha value is -0.200. The molecule has 0 aromatic rings. The van der Waals surface area contributed by atoms with E-state index in [9.17, 15) is 0 Å². The highest BCUT2D eigenvalue weighted by molar-refractivity contribution is 4.88. The van der Waals surface area contributed by atoms with Crippen molar-refractivity contribution in [2.45, 2.75) is 37.6 Å². The summed E-state index contributed by atoms with van der Waals surface area (Å²) in [5.41, 5.74) is 0. The smallest absolute Gasteiger partial charge is 0.184 e. The summed E-state index contributed by atoms with van der Waals surface area (Å²) in [5, 5.41) is 35.8. The predicted octanol–water partition coefficient (Wildman–Crippen LogP) is -2.19. The van der Waals surface area contributed by atoms with Crippen molar-refractivity contribution in [1.29, 1.82) is 0 Å². The molecule has 0 amide bonds. The number of ether oxygens (including phenoxy) is 1. The van der Waals surface area contributed by atoms with Gasteiger partial charge in [-0.15, -0.1) is 0 Å². The van der Waals surface area contributed by atoms with Crippen molar-refractivity contribution in [3.63, 3.8) is 0 Å². The lowest BCUT2D eigenvalue weighted by Gasteiger charge is -2.16. The molecule has 1 aliphatic rings. The molecule has 0 aromatic heterocycles. The zero-order valence-electron chi connectivity index (χ0n) is 6.08. The Bertz CT molecular complexity index is 137. The minimum atomic E-state index is -1.40. The molecule has 0 aromatic carbocycles. The Morgan fingerprint density at radius 2 is 1.73 bits per heavy atom. The summed E-state index contributed by atoms with van der Waals surface area (Å²) >= 11 is 0. The van der Waals surface area contributed by atoms with Crippen molar-refractivity contribution >= 4 is 0 Å². The zero-order chi connectivity index (χ0) is 8.59. The van der Waals surface area contributed by atoms with E-state index in [1.54, 1.807) is 0 Å². The van der Waals surface area contributed by atoms with Crippen molar-refractivity contribution in [2.24, 2.45) is 0 Å². The summed E-state index contributed by atoms with van der Waals surface area (Å²) in [6, 6.07) is 0. The topological polar surface area (TPSA) is 90.2 Å². The Kier molecular flexibility index (Phi) is 2.46. The monoisotopic (exact) mass is 164 g/mol. The molecule has 5 atom stereocenters. The second-order valence-electron chi connectivity index (χ2n) is 2.71. The normalized spacial score (nSPS) is 47.7. The average molecular weight is 164 g/mol. The third-order valence-corrected chi connectivity index (χ3v) is 1.75. The van der Waals surface area contributed by atoms with Gasteiger partial charge >= 0.3 is 0 Å². The van der Waals surface area contributed by atoms with Crippen LogP contribution in [0.15, 0.2) is 0 Å². The van der Waals surface area contributed by atoms with Crippen LogP contribution in [-0.4, -0.2) is 51.1 Å². The number of aliphatic hydroxyl groups is 4. The molecular formula is C6H12O5. The van der Waals surface area contributed by atoms with Gasteiger partial charge in [0.2, 0.25) is 0 Å². The first-order chi connectivity index (χ1) is 5.04. The SMILES string of the molecule is C[C@H](O)[C@H]1O[C@H](O)[C@@H](O)[C@@H]1O. The molecular weight excluding hydrogens is 152 g/mol. The maximum absolute atomic E-state index is 9.10. The van der Waals surface area contributed by atoms with Crippen LogP contribution in [0.2, 0.25) is 0 Å². The maximum Gasteiger partial charge on any atom is 0.184 e. The van der Waals surface area contributed by atoms with Crippen molar-refractivity contribution in [3.8, 4) is 0 Å². The summed E-state index contributed by atoms with van der Waals surface area (Å²) in [5.74, 6) is 0. The molecule has 4 N–H and O–H groups in total. The van der Waals surface area contributed by atoms with E-state index in [1.807, 2.05) is 0 Å². The van der Waals surface area contributed by atoms with Gasteiger partial charge in [0.15, 0.2) is 6.29 Å². The van der Waals surface area contributed by atoms with Gasteiger partial charge in [-0.1, -0.05) is 0 Å². The van der Waals surface area contributed by atoms with E-state index in [0.717, 1.165) is 0 Å². The maximum atomic E-state index is 9.10. The zero-order valence-corrected chi connectivity index (χ0v) is 6.08. The largest absolute Gasteiger partial charge is 0.391 e. The van der Waals surface area contributed by atoms with E-state index >= 15 is 0 Å². The minimum Gasteiger partial charge on any atom is -0.391 e. The molecule has 0 bridgehead atoms. The van der Waals surface area contributed by atoms with Crippen molar-refractivity contribution in [3.05, 3.63) is 0 Å². The lowest BCUT2D eigenvalue weighted by atomic mass is 10.1. The van der Waals surface area contributed by atoms with Crippen LogP contribution >= 0.6 is 0 Å². The fourth-order valence-electron chi connectivity index (χ4n) is 1.08. The summed E-state index contributed by atoms with van der Waals surface area (Å²) in [6.07, 6.45) is -5.75. The van der Waals surface area contributed by atoms with Gasteiger partial charge in [-0.25, -0.2) is 0 Å². The van der Waals surface area contributed by atoms with Gasteiger partial charge in [0, 0.05) is 0 Å². The van der Waals surface area contributed by atoms with Crippen molar-refractivity contribution < 1.29 is 25.2 Å². The van der Waals surface area contributed by atoms with E-state index < -0.39 is 30.7 Å². The van der Waals surface area contributed by atoms with Crippen LogP contribution in [0.1, 0.15) is 6.92 Å². The predicted molar refractivity (Wildman–Crippen MR) is 34.6 cm³/mol. The van der Waals surface area contributed by atoms with Crippen LogP contribution in [0.25, 0.3) is 0 Å². The number of rotatable bonds is 1. The first-order valence-electron chi connectivity index (χ1n) is 3.41. The summed E-state index contributed by atoms with van der Waals surface area (Å²) in [6.45, 7) is 1.42. The van der Waals surface area contributed by atoms with Crippen LogP contribution in [0, 0.1) is 0 Å². The average Bonchev–Trinajstić information content (AvgIpc) is 2.17. The highest BCUT2D eigenvalue weighted by Crippen LogP contribution is 2.21. The molecule has 1 fully saturated rings. The molecule has 5 heteroatoms. The molecule has 1 aliphatic heterocycles. The molecule has 66 valence electrons. The molecule has 1 saturated heterocycles. The van der Waals surface area contributed by atoms with Crippen LogP contribution in [0.5, 0.6) is 0 Å². The summed E-state index contributed by atoms with van der Waals surface area (Å²) in [4.78, 5) is 0. The Balaban J connectivity index is 2.59. The van der Waals surface area contributed by atoms with Crippen LogP contribution < -0.4 is 0 Å². The molecule has 0 aliphatic carbocycles. The highest BCUT2D eigenvalue weighted by Gasteiger charge is 2.43. The summed E-state index contributed by atoms with van der Waals surface area (Å²) < 4.78 is 4.65. The van der Waals surface area contributed by atoms with E-state index in [4.69, 9.17) is 20.4 Å². The third kappa shape index (κ3) is 1.52. The minimum absolute atomic E-state index is 0.903. The van der Waals surface area contributed by atoms with Crippen LogP contribution in [0.3, 0.4) is 0 Å². The second kappa shape index (κ2) is 3.04. The van der Waals surface area contributed by atoms with Crippen LogP contribution in [-0.2, 0) is 4.74 Å². The van der Waals surface area contributed by atoms with Gasteiger partial charge in [0.25, 0.3) is 0 Å². The third-order valence-electron chi connectivity index (χ3n) is 1.75. The number of hydrogen-bond donors (Lipinski definition) is 4. The standard InChI is InChI=1S/C6H12O5/c1-2(7)5-3(8)4(9)6(10)11-5/h2-10H,1H3/t2-,3-,4-,5+,6-/m0/s1. The fourth-order valence-corrected chi connectivity index (χ4v) is 1.08. The van der Waals surface area contributed by atoms with Crippen LogP contribution in [0.4, 0.5) is 0 Å². The van der Waals surface area contributed by atoms with E-state index in [1.165, 1.54) is 6.92 Å². The van der Waals surface area contributed by atoms with Gasteiger partial charge in [-0.05, 0) is 6.92 Å².